The Morgan fingerprint density at radius 1 is 0.600 bits per heavy atom. The van der Waals surface area contributed by atoms with E-state index in [2.05, 4.69) is 188 Å². The first-order chi connectivity index (χ1) is 24.6. The van der Waals surface area contributed by atoms with Crippen LogP contribution in [0.4, 0.5) is 34.1 Å². The van der Waals surface area contributed by atoms with Crippen molar-refractivity contribution in [3.63, 3.8) is 0 Å². The Morgan fingerprint density at radius 3 is 1.88 bits per heavy atom. The van der Waals surface area contributed by atoms with Gasteiger partial charge in [0.25, 0.3) is 0 Å². The number of thiophene rings is 1. The predicted molar refractivity (Wildman–Crippen MR) is 217 cm³/mol. The molecule has 1 aliphatic rings. The molecule has 3 heteroatoms. The number of hydrogen-bond donors (Lipinski definition) is 0. The van der Waals surface area contributed by atoms with Crippen LogP contribution in [0.2, 0.25) is 0 Å². The summed E-state index contributed by atoms with van der Waals surface area (Å²) in [6, 6.07) is 55.6. The van der Waals surface area contributed by atoms with E-state index in [9.17, 15) is 0 Å². The summed E-state index contributed by atoms with van der Waals surface area (Å²) in [7, 11) is 0. The Morgan fingerprint density at radius 2 is 1.18 bits per heavy atom. The van der Waals surface area contributed by atoms with Crippen molar-refractivity contribution in [3.05, 3.63) is 169 Å². The fraction of sp³-hybridized carbons (Fsp3) is 0.191. The van der Waals surface area contributed by atoms with Crippen molar-refractivity contribution in [1.82, 2.24) is 0 Å². The largest absolute Gasteiger partial charge is 0.310 e. The van der Waals surface area contributed by atoms with E-state index in [0.29, 0.717) is 5.92 Å². The molecule has 0 saturated heterocycles. The lowest BCUT2D eigenvalue weighted by Crippen LogP contribution is -2.31. The van der Waals surface area contributed by atoms with Crippen molar-refractivity contribution >= 4 is 65.6 Å². The molecule has 50 heavy (non-hydrogen) atoms. The maximum atomic E-state index is 2.52. The highest BCUT2D eigenvalue weighted by atomic mass is 32.1. The summed E-state index contributed by atoms with van der Waals surface area (Å²) in [5.41, 5.74) is 10.1. The average Bonchev–Trinajstić information content (AvgIpc) is 3.56. The first kappa shape index (κ1) is 32.1. The van der Waals surface area contributed by atoms with Gasteiger partial charge in [-0.1, -0.05) is 111 Å². The first-order valence-electron chi connectivity index (χ1n) is 18.1. The zero-order valence-corrected chi connectivity index (χ0v) is 30.0. The summed E-state index contributed by atoms with van der Waals surface area (Å²) in [6.45, 7) is 7.07. The van der Waals surface area contributed by atoms with Crippen molar-refractivity contribution in [2.75, 3.05) is 9.80 Å². The van der Waals surface area contributed by atoms with Crippen molar-refractivity contribution in [2.24, 2.45) is 5.92 Å². The van der Waals surface area contributed by atoms with E-state index >= 15 is 0 Å². The number of anilines is 6. The monoisotopic (exact) mass is 668 g/mol. The predicted octanol–water partition coefficient (Wildman–Crippen LogP) is 14.4. The lowest BCUT2D eigenvalue weighted by molar-refractivity contribution is 0.316. The molecule has 1 aliphatic carbocycles. The molecule has 0 bridgehead atoms. The van der Waals surface area contributed by atoms with Crippen LogP contribution >= 0.6 is 11.3 Å². The van der Waals surface area contributed by atoms with Gasteiger partial charge in [0.1, 0.15) is 0 Å². The quantitative estimate of drug-likeness (QED) is 0.141. The van der Waals surface area contributed by atoms with Crippen LogP contribution < -0.4 is 9.80 Å². The third-order valence-corrected chi connectivity index (χ3v) is 11.8. The van der Waals surface area contributed by atoms with Gasteiger partial charge in [0.2, 0.25) is 0 Å². The second-order valence-corrected chi connectivity index (χ2v) is 14.9. The number of hydrogen-bond acceptors (Lipinski definition) is 3. The third-order valence-electron chi connectivity index (χ3n) is 10.7. The Bertz CT molecular complexity index is 2270. The number of nitrogens with zero attached hydrogens (tertiary/aromatic N) is 2. The molecule has 1 heterocycles. The molecule has 1 aromatic heterocycles. The van der Waals surface area contributed by atoms with Gasteiger partial charge in [-0.3, -0.25) is 0 Å². The Balaban J connectivity index is 1.25. The van der Waals surface area contributed by atoms with Crippen LogP contribution in [0, 0.1) is 5.92 Å². The smallest absolute Gasteiger partial charge is 0.0554 e. The fourth-order valence-corrected chi connectivity index (χ4v) is 9.41. The molecule has 248 valence electrons. The van der Waals surface area contributed by atoms with E-state index in [1.807, 2.05) is 11.3 Å². The zero-order valence-electron chi connectivity index (χ0n) is 29.2. The standard InChI is InChI=1S/C47H44N2S/c1-4-35-30-34(3)32-47(5-2,33-35)36-26-28-39(29-27-36)48(37-16-8-6-9-17-37)40-20-14-21-41(31-40)49(38-18-10-7-11-19-38)43-23-15-25-45-46(43)42-22-12-13-24-44(42)50-45/h6-31,34H,4-5,32-33H2,1-3H3. The maximum absolute atomic E-state index is 2.52. The van der Waals surface area contributed by atoms with Gasteiger partial charge in [-0.05, 0) is 115 Å². The fourth-order valence-electron chi connectivity index (χ4n) is 8.29. The molecule has 2 atom stereocenters. The Kier molecular flexibility index (Phi) is 8.77. The molecule has 0 radical (unpaired) electrons. The van der Waals surface area contributed by atoms with Gasteiger partial charge in [-0.2, -0.15) is 0 Å². The van der Waals surface area contributed by atoms with Gasteiger partial charge in [0.15, 0.2) is 0 Å². The number of allylic oxidation sites excluding steroid dienone is 2. The highest BCUT2D eigenvalue weighted by molar-refractivity contribution is 7.26. The van der Waals surface area contributed by atoms with Crippen molar-refractivity contribution < 1.29 is 0 Å². The summed E-state index contributed by atoms with van der Waals surface area (Å²) in [4.78, 5) is 4.82. The summed E-state index contributed by atoms with van der Waals surface area (Å²) < 4.78 is 2.61. The minimum Gasteiger partial charge on any atom is -0.310 e. The SMILES string of the molecule is CCC1=CC(C)CC(CC)(c2ccc(N(c3ccccc3)c3cccc(N(c4ccccc4)c4cccc5sc6ccccc6c45)c3)cc2)C1. The van der Waals surface area contributed by atoms with Crippen molar-refractivity contribution in [2.45, 2.75) is 51.9 Å². The number of fused-ring (bicyclic) bond motifs is 3. The maximum Gasteiger partial charge on any atom is 0.0554 e. The Hall–Kier alpha value is -5.12. The van der Waals surface area contributed by atoms with E-state index in [-0.39, 0.29) is 5.41 Å². The highest BCUT2D eigenvalue weighted by Gasteiger charge is 2.35. The van der Waals surface area contributed by atoms with Crippen LogP contribution in [-0.4, -0.2) is 0 Å². The van der Waals surface area contributed by atoms with Gasteiger partial charge in [0, 0.05) is 48.6 Å². The lowest BCUT2D eigenvalue weighted by atomic mass is 9.65. The molecule has 0 spiro atoms. The molecule has 6 aromatic carbocycles. The van der Waals surface area contributed by atoms with E-state index in [1.165, 1.54) is 37.8 Å². The number of para-hydroxylation sites is 2. The van der Waals surface area contributed by atoms with Crippen LogP contribution in [0.5, 0.6) is 0 Å². The number of benzene rings is 6. The zero-order chi connectivity index (χ0) is 34.1. The molecule has 2 nitrogen and oxygen atoms in total. The molecular weight excluding hydrogens is 625 g/mol. The normalized spacial score (nSPS) is 17.5. The van der Waals surface area contributed by atoms with Crippen LogP contribution in [0.1, 0.15) is 52.0 Å². The molecule has 8 rings (SSSR count). The van der Waals surface area contributed by atoms with E-state index in [4.69, 9.17) is 0 Å². The number of rotatable bonds is 9. The van der Waals surface area contributed by atoms with Gasteiger partial charge in [0.05, 0.1) is 5.69 Å². The van der Waals surface area contributed by atoms with Crippen LogP contribution in [0.25, 0.3) is 20.2 Å². The van der Waals surface area contributed by atoms with Gasteiger partial charge >= 0.3 is 0 Å². The topological polar surface area (TPSA) is 6.48 Å². The lowest BCUT2D eigenvalue weighted by Gasteiger charge is -2.40. The minimum absolute atomic E-state index is 0.193. The highest BCUT2D eigenvalue weighted by Crippen LogP contribution is 2.48. The van der Waals surface area contributed by atoms with Gasteiger partial charge in [-0.15, -0.1) is 11.3 Å². The minimum atomic E-state index is 0.193. The Labute approximate surface area is 301 Å². The van der Waals surface area contributed by atoms with Crippen LogP contribution in [-0.2, 0) is 5.41 Å². The molecule has 7 aromatic rings. The first-order valence-corrected chi connectivity index (χ1v) is 18.9. The van der Waals surface area contributed by atoms with E-state index in [0.717, 1.165) is 47.7 Å². The van der Waals surface area contributed by atoms with Crippen molar-refractivity contribution in [1.29, 1.82) is 0 Å². The van der Waals surface area contributed by atoms with Gasteiger partial charge in [-0.25, -0.2) is 0 Å². The van der Waals surface area contributed by atoms with Crippen molar-refractivity contribution in [3.8, 4) is 0 Å². The summed E-state index contributed by atoms with van der Waals surface area (Å²) in [5.74, 6) is 0.604. The third kappa shape index (κ3) is 5.90. The second-order valence-electron chi connectivity index (χ2n) is 13.8. The molecular formula is C47H44N2S. The summed E-state index contributed by atoms with van der Waals surface area (Å²) in [5, 5.41) is 2.59. The molecule has 0 N–H and O–H groups in total. The summed E-state index contributed by atoms with van der Waals surface area (Å²) in [6.07, 6.45) is 7.18. The molecule has 0 saturated carbocycles. The second kappa shape index (κ2) is 13.7. The molecule has 0 aliphatic heterocycles. The van der Waals surface area contributed by atoms with Gasteiger partial charge < -0.3 is 9.80 Å². The van der Waals surface area contributed by atoms with Crippen LogP contribution in [0.15, 0.2) is 163 Å². The van der Waals surface area contributed by atoms with E-state index < -0.39 is 0 Å². The van der Waals surface area contributed by atoms with Crippen LogP contribution in [0.3, 0.4) is 0 Å². The molecule has 0 fully saturated rings. The van der Waals surface area contributed by atoms with E-state index in [1.54, 1.807) is 5.57 Å². The average molecular weight is 669 g/mol. The molecule has 2 unspecified atom stereocenters. The summed E-state index contributed by atoms with van der Waals surface area (Å²) >= 11 is 1.86. The molecule has 0 amide bonds.